The van der Waals surface area contributed by atoms with Crippen molar-refractivity contribution in [2.24, 2.45) is 0 Å². The van der Waals surface area contributed by atoms with Gasteiger partial charge in [0.15, 0.2) is 0 Å². The molecule has 0 spiro atoms. The van der Waals surface area contributed by atoms with Crippen molar-refractivity contribution >= 4 is 45.6 Å². The average molecular weight is 359 g/mol. The third kappa shape index (κ3) is 4.69. The molecule has 0 aliphatic rings. The van der Waals surface area contributed by atoms with Crippen molar-refractivity contribution in [3.63, 3.8) is 0 Å². The molecule has 0 saturated carbocycles. The Morgan fingerprint density at radius 3 is 1.20 bits per heavy atom. The summed E-state index contributed by atoms with van der Waals surface area (Å²) in [7, 11) is 0. The van der Waals surface area contributed by atoms with Gasteiger partial charge in [-0.25, -0.2) is 0 Å². The van der Waals surface area contributed by atoms with Crippen LogP contribution in [0.15, 0.2) is 91.0 Å². The minimum Gasteiger partial charge on any atom is -1.00 e. The van der Waals surface area contributed by atoms with Crippen LogP contribution in [0.1, 0.15) is 19.8 Å². The van der Waals surface area contributed by atoms with E-state index in [1.165, 1.54) is 35.6 Å². The Bertz CT molecular complexity index is 620. The Morgan fingerprint density at radius 2 is 0.920 bits per heavy atom. The van der Waals surface area contributed by atoms with Crippen LogP contribution in [0.25, 0.3) is 0 Å². The van der Waals surface area contributed by atoms with E-state index >= 15 is 0 Å². The second-order valence-electron chi connectivity index (χ2n) is 6.42. The van der Waals surface area contributed by atoms with Crippen LogP contribution < -0.4 is 28.8 Å². The summed E-state index contributed by atoms with van der Waals surface area (Å²) in [5.74, 6) is 0. The van der Waals surface area contributed by atoms with Crippen LogP contribution in [-0.2, 0) is 0 Å². The third-order valence-corrected chi connectivity index (χ3v) is 5.10. The van der Waals surface area contributed by atoms with E-state index in [0.29, 0.717) is 0 Å². The van der Waals surface area contributed by atoms with Gasteiger partial charge in [-0.2, -0.15) is 22.7 Å². The molecule has 3 aromatic rings. The fourth-order valence-corrected chi connectivity index (χ4v) is 3.93. The quantitative estimate of drug-likeness (QED) is 0.565. The zero-order valence-corrected chi connectivity index (χ0v) is 17.1. The van der Waals surface area contributed by atoms with Gasteiger partial charge in [0.05, 0.1) is 6.15 Å². The molecule has 124 valence electrons. The first kappa shape index (κ1) is 21.8. The summed E-state index contributed by atoms with van der Waals surface area (Å²) in [4.78, 5) is 0. The van der Waals surface area contributed by atoms with Crippen molar-refractivity contribution in [2.45, 2.75) is 26.1 Å². The summed E-state index contributed by atoms with van der Waals surface area (Å²) in [5, 5.41) is 0. The molecule has 0 unspecified atom stereocenters. The van der Waals surface area contributed by atoms with Crippen LogP contribution in [-0.4, -0.2) is 29.2 Å². The first-order valence-corrected chi connectivity index (χ1v) is 8.71. The molecule has 0 bridgehead atoms. The summed E-state index contributed by atoms with van der Waals surface area (Å²) in [5.41, 5.74) is 4.33. The molecule has 0 aromatic heterocycles. The van der Waals surface area contributed by atoms with Gasteiger partial charge in [-0.15, -0.1) is 0 Å². The Labute approximate surface area is 174 Å². The van der Waals surface area contributed by atoms with E-state index in [1.54, 1.807) is 0 Å². The minimum atomic E-state index is -0.913. The molecule has 0 saturated heterocycles. The van der Waals surface area contributed by atoms with Crippen molar-refractivity contribution < 1.29 is 12.4 Å². The Hall–Kier alpha value is -1.22. The van der Waals surface area contributed by atoms with E-state index in [9.17, 15) is 0 Å². The molecule has 0 radical (unpaired) electrons. The molecule has 0 amide bonds. The first-order chi connectivity index (χ1) is 11.4. The first-order valence-electron chi connectivity index (χ1n) is 8.71. The molecule has 0 aliphatic heterocycles. The molecule has 0 heterocycles. The molecule has 0 fully saturated rings. The summed E-state index contributed by atoms with van der Waals surface area (Å²) >= 11 is 0. The van der Waals surface area contributed by atoms with Gasteiger partial charge in [0.2, 0.25) is 0 Å². The Balaban J connectivity index is 0.00000156. The third-order valence-electron chi connectivity index (χ3n) is 5.10. The summed E-state index contributed by atoms with van der Waals surface area (Å²) in [6.07, 6.45) is 2.73. The molecule has 0 N–H and O–H groups in total. The minimum absolute atomic E-state index is 0. The number of hydrogen-bond acceptors (Lipinski definition) is 0. The van der Waals surface area contributed by atoms with Gasteiger partial charge >= 0.3 is 23.1 Å². The van der Waals surface area contributed by atoms with Crippen molar-refractivity contribution in [3.8, 4) is 0 Å². The van der Waals surface area contributed by atoms with Gasteiger partial charge in [-0.05, 0) is 0 Å². The molecule has 25 heavy (non-hydrogen) atoms. The molecular formula is C22H24BClMg. The van der Waals surface area contributed by atoms with Crippen LogP contribution >= 0.6 is 0 Å². The van der Waals surface area contributed by atoms with Gasteiger partial charge < -0.3 is 12.4 Å². The molecule has 3 aromatic carbocycles. The second kappa shape index (κ2) is 10.7. The summed E-state index contributed by atoms with van der Waals surface area (Å²) in [6.45, 7) is 2.28. The molecule has 0 nitrogen and oxygen atoms in total. The van der Waals surface area contributed by atoms with E-state index in [4.69, 9.17) is 0 Å². The maximum absolute atomic E-state index is 2.30. The fraction of sp³-hybridized carbons (Fsp3) is 0.182. The van der Waals surface area contributed by atoms with Crippen LogP contribution in [0.4, 0.5) is 0 Å². The number of halogens is 1. The molecule has 3 heteroatoms. The molecule has 3 rings (SSSR count). The predicted molar refractivity (Wildman–Crippen MR) is 109 cm³/mol. The number of rotatable bonds is 6. The van der Waals surface area contributed by atoms with Crippen LogP contribution in [0.2, 0.25) is 6.32 Å². The van der Waals surface area contributed by atoms with Crippen LogP contribution in [0.5, 0.6) is 0 Å². The van der Waals surface area contributed by atoms with Gasteiger partial charge in [-0.1, -0.05) is 111 Å². The van der Waals surface area contributed by atoms with Gasteiger partial charge in [0.1, 0.15) is 0 Å². The summed E-state index contributed by atoms with van der Waals surface area (Å²) < 4.78 is 0. The van der Waals surface area contributed by atoms with E-state index < -0.39 is 6.15 Å². The maximum Gasteiger partial charge on any atom is 2.00 e. The van der Waals surface area contributed by atoms with E-state index in [1.807, 2.05) is 0 Å². The Morgan fingerprint density at radius 1 is 0.600 bits per heavy atom. The SMILES string of the molecule is CCCC[B-](c1ccccc1)(c1ccccc1)c1ccccc1.[Cl-].[Mg+2]. The monoisotopic (exact) mass is 358 g/mol. The average Bonchev–Trinajstić information content (AvgIpc) is 2.65. The van der Waals surface area contributed by atoms with Crippen molar-refractivity contribution in [1.29, 1.82) is 0 Å². The topological polar surface area (TPSA) is 0 Å². The van der Waals surface area contributed by atoms with Crippen LogP contribution in [0, 0.1) is 0 Å². The van der Waals surface area contributed by atoms with Crippen molar-refractivity contribution in [1.82, 2.24) is 0 Å². The van der Waals surface area contributed by atoms with Crippen LogP contribution in [0.3, 0.4) is 0 Å². The number of unbranched alkanes of at least 4 members (excludes halogenated alkanes) is 1. The smallest absolute Gasteiger partial charge is 1.00 e. The molecule has 0 atom stereocenters. The second-order valence-corrected chi connectivity index (χ2v) is 6.42. The number of benzene rings is 3. The standard InChI is InChI=1S/C22H24B.ClH.Mg/c1-2-3-19-23(20-13-7-4-8-14-20,21-15-9-5-10-16-21)22-17-11-6-12-18-22;;/h4-18H,2-3,19H2,1H3;1H;/q-1;;+2/p-1. The fourth-order valence-electron chi connectivity index (χ4n) is 3.93. The van der Waals surface area contributed by atoms with Crippen molar-refractivity contribution in [3.05, 3.63) is 91.0 Å². The van der Waals surface area contributed by atoms with E-state index in [2.05, 4.69) is 97.9 Å². The predicted octanol–water partition coefficient (Wildman–Crippen LogP) is 0.580. The zero-order chi connectivity index (χ0) is 16.0. The van der Waals surface area contributed by atoms with E-state index in [0.717, 1.165) is 0 Å². The molecule has 0 aliphatic carbocycles. The van der Waals surface area contributed by atoms with Crippen molar-refractivity contribution in [2.75, 3.05) is 0 Å². The zero-order valence-electron chi connectivity index (χ0n) is 14.9. The van der Waals surface area contributed by atoms with Gasteiger partial charge in [0, 0.05) is 0 Å². The summed E-state index contributed by atoms with van der Waals surface area (Å²) in [6, 6.07) is 33.2. The maximum atomic E-state index is 2.30. The van der Waals surface area contributed by atoms with Gasteiger partial charge in [0.25, 0.3) is 0 Å². The number of hydrogen-bond donors (Lipinski definition) is 0. The van der Waals surface area contributed by atoms with E-state index in [-0.39, 0.29) is 35.5 Å². The largest absolute Gasteiger partial charge is 2.00 e. The van der Waals surface area contributed by atoms with Gasteiger partial charge in [-0.3, -0.25) is 0 Å². The molecular weight excluding hydrogens is 335 g/mol. The Kier molecular flexibility index (Phi) is 9.34. The normalized spacial score (nSPS) is 10.4.